The van der Waals surface area contributed by atoms with E-state index in [-0.39, 0.29) is 17.6 Å². The van der Waals surface area contributed by atoms with Gasteiger partial charge in [0.25, 0.3) is 0 Å². The van der Waals surface area contributed by atoms with Crippen LogP contribution in [0.2, 0.25) is 0 Å². The summed E-state index contributed by atoms with van der Waals surface area (Å²) in [6.07, 6.45) is 0.761. The van der Waals surface area contributed by atoms with E-state index < -0.39 is 17.8 Å². The number of unbranched alkanes of at least 4 members (excludes halogenated alkanes) is 1. The fourth-order valence-corrected chi connectivity index (χ4v) is 2.75. The van der Waals surface area contributed by atoms with Crippen molar-refractivity contribution in [3.8, 4) is 0 Å². The monoisotopic (exact) mass is 329 g/mol. The highest BCUT2D eigenvalue weighted by atomic mass is 19.1. The molecule has 1 aliphatic rings. The van der Waals surface area contributed by atoms with Gasteiger partial charge in [-0.15, -0.1) is 0 Å². The molecule has 1 amide bonds. The molecular formula is C17H22F3NO2. The standard InChI is InChI=1S/C17H22F3NO2/c1-2-3-10-23-17(22)21-8-6-12(7-9-21)16(20)14-5-4-13(18)11-15(14)19/h4-5,11-12,16H,2-3,6-10H2,1H3. The Balaban J connectivity index is 1.87. The molecule has 0 N–H and O–H groups in total. The highest BCUT2D eigenvalue weighted by Gasteiger charge is 2.31. The summed E-state index contributed by atoms with van der Waals surface area (Å²) in [5.74, 6) is -1.96. The number of rotatable bonds is 5. The zero-order chi connectivity index (χ0) is 16.8. The predicted octanol–water partition coefficient (Wildman–Crippen LogP) is 4.62. The first-order valence-corrected chi connectivity index (χ1v) is 8.03. The third-order valence-electron chi connectivity index (χ3n) is 4.19. The lowest BCUT2D eigenvalue weighted by Gasteiger charge is -2.33. The van der Waals surface area contributed by atoms with Gasteiger partial charge >= 0.3 is 6.09 Å². The third kappa shape index (κ3) is 4.62. The fraction of sp³-hybridized carbons (Fsp3) is 0.588. The van der Waals surface area contributed by atoms with Gasteiger partial charge in [-0.05, 0) is 31.2 Å². The van der Waals surface area contributed by atoms with E-state index in [1.807, 2.05) is 6.92 Å². The summed E-state index contributed by atoms with van der Waals surface area (Å²) < 4.78 is 46.2. The van der Waals surface area contributed by atoms with Crippen LogP contribution in [0.15, 0.2) is 18.2 Å². The van der Waals surface area contributed by atoms with E-state index >= 15 is 0 Å². The Morgan fingerprint density at radius 1 is 1.35 bits per heavy atom. The highest BCUT2D eigenvalue weighted by molar-refractivity contribution is 5.67. The normalized spacial score (nSPS) is 17.1. The van der Waals surface area contributed by atoms with Crippen molar-refractivity contribution < 1.29 is 22.7 Å². The number of halogens is 3. The number of nitrogens with zero attached hydrogens (tertiary/aromatic N) is 1. The molecule has 6 heteroatoms. The van der Waals surface area contributed by atoms with E-state index in [1.165, 1.54) is 0 Å². The number of hydrogen-bond donors (Lipinski definition) is 0. The molecule has 0 saturated carbocycles. The third-order valence-corrected chi connectivity index (χ3v) is 4.19. The number of carbonyl (C=O) groups is 1. The van der Waals surface area contributed by atoms with Crippen LogP contribution in [-0.2, 0) is 4.74 Å². The van der Waals surface area contributed by atoms with Crippen LogP contribution in [0, 0.1) is 17.6 Å². The van der Waals surface area contributed by atoms with Crippen molar-refractivity contribution in [3.05, 3.63) is 35.4 Å². The van der Waals surface area contributed by atoms with E-state index in [0.717, 1.165) is 25.0 Å². The maximum atomic E-state index is 14.5. The largest absolute Gasteiger partial charge is 0.449 e. The number of likely N-dealkylation sites (tertiary alicyclic amines) is 1. The molecule has 0 bridgehead atoms. The molecule has 3 nitrogen and oxygen atoms in total. The Bertz CT molecular complexity index is 531. The van der Waals surface area contributed by atoms with Crippen LogP contribution in [-0.4, -0.2) is 30.7 Å². The van der Waals surface area contributed by atoms with Gasteiger partial charge in [0.2, 0.25) is 0 Å². The second-order valence-electron chi connectivity index (χ2n) is 5.86. The number of alkyl halides is 1. The van der Waals surface area contributed by atoms with Crippen LogP contribution < -0.4 is 0 Å². The summed E-state index contributed by atoms with van der Waals surface area (Å²) in [5, 5.41) is 0. The van der Waals surface area contributed by atoms with E-state index in [1.54, 1.807) is 4.90 Å². The first-order valence-electron chi connectivity index (χ1n) is 8.03. The molecule has 1 atom stereocenters. The summed E-state index contributed by atoms with van der Waals surface area (Å²) >= 11 is 0. The molecule has 0 spiro atoms. The predicted molar refractivity (Wildman–Crippen MR) is 80.8 cm³/mol. The van der Waals surface area contributed by atoms with Gasteiger partial charge in [0.1, 0.15) is 17.8 Å². The van der Waals surface area contributed by atoms with Crippen LogP contribution in [0.3, 0.4) is 0 Å². The molecule has 0 aromatic heterocycles. The fourth-order valence-electron chi connectivity index (χ4n) is 2.75. The minimum Gasteiger partial charge on any atom is -0.449 e. The van der Waals surface area contributed by atoms with Crippen molar-refractivity contribution >= 4 is 6.09 Å². The maximum absolute atomic E-state index is 14.5. The number of ether oxygens (including phenoxy) is 1. The van der Waals surface area contributed by atoms with Crippen LogP contribution in [0.1, 0.15) is 44.3 Å². The molecule has 2 rings (SSSR count). The molecule has 0 aliphatic carbocycles. The van der Waals surface area contributed by atoms with Gasteiger partial charge in [-0.3, -0.25) is 0 Å². The molecule has 1 heterocycles. The van der Waals surface area contributed by atoms with E-state index in [4.69, 9.17) is 4.74 Å². The number of benzene rings is 1. The number of carbonyl (C=O) groups excluding carboxylic acids is 1. The Morgan fingerprint density at radius 2 is 2.04 bits per heavy atom. The Morgan fingerprint density at radius 3 is 2.65 bits per heavy atom. The van der Waals surface area contributed by atoms with Gasteiger partial charge in [-0.25, -0.2) is 18.0 Å². The minimum absolute atomic E-state index is 0.115. The van der Waals surface area contributed by atoms with Crippen molar-refractivity contribution in [2.75, 3.05) is 19.7 Å². The first kappa shape index (κ1) is 17.6. The van der Waals surface area contributed by atoms with E-state index in [2.05, 4.69) is 0 Å². The van der Waals surface area contributed by atoms with Gasteiger partial charge in [0, 0.05) is 24.7 Å². The molecule has 128 valence electrons. The summed E-state index contributed by atoms with van der Waals surface area (Å²) in [4.78, 5) is 13.4. The number of piperidine rings is 1. The molecule has 0 radical (unpaired) electrons. The lowest BCUT2D eigenvalue weighted by atomic mass is 9.88. The van der Waals surface area contributed by atoms with Crippen molar-refractivity contribution in [3.63, 3.8) is 0 Å². The smallest absolute Gasteiger partial charge is 0.409 e. The first-order chi connectivity index (χ1) is 11.0. The van der Waals surface area contributed by atoms with Crippen molar-refractivity contribution in [1.29, 1.82) is 0 Å². The van der Waals surface area contributed by atoms with Gasteiger partial charge in [0.15, 0.2) is 0 Å². The van der Waals surface area contributed by atoms with Gasteiger partial charge in [-0.1, -0.05) is 19.4 Å². The van der Waals surface area contributed by atoms with Gasteiger partial charge in [-0.2, -0.15) is 0 Å². The minimum atomic E-state index is -1.49. The summed E-state index contributed by atoms with van der Waals surface area (Å²) in [6.45, 7) is 3.18. The zero-order valence-corrected chi connectivity index (χ0v) is 13.2. The van der Waals surface area contributed by atoms with Gasteiger partial charge < -0.3 is 9.64 Å². The molecule has 1 unspecified atom stereocenters. The molecule has 1 aromatic carbocycles. The van der Waals surface area contributed by atoms with Crippen LogP contribution in [0.25, 0.3) is 0 Å². The second-order valence-corrected chi connectivity index (χ2v) is 5.86. The Hall–Kier alpha value is -1.72. The molecule has 1 fully saturated rings. The number of amides is 1. The lowest BCUT2D eigenvalue weighted by Crippen LogP contribution is -2.39. The van der Waals surface area contributed by atoms with Crippen molar-refractivity contribution in [2.24, 2.45) is 5.92 Å². The average Bonchev–Trinajstić information content (AvgIpc) is 2.54. The van der Waals surface area contributed by atoms with E-state index in [9.17, 15) is 18.0 Å². The Kier molecular flexibility index (Phi) is 6.30. The quantitative estimate of drug-likeness (QED) is 0.738. The highest BCUT2D eigenvalue weighted by Crippen LogP contribution is 2.35. The molecule has 1 aliphatic heterocycles. The lowest BCUT2D eigenvalue weighted by molar-refractivity contribution is 0.0731. The molecule has 1 saturated heterocycles. The van der Waals surface area contributed by atoms with Crippen molar-refractivity contribution in [1.82, 2.24) is 4.90 Å². The van der Waals surface area contributed by atoms with Crippen LogP contribution in [0.4, 0.5) is 18.0 Å². The van der Waals surface area contributed by atoms with Gasteiger partial charge in [0.05, 0.1) is 6.61 Å². The maximum Gasteiger partial charge on any atom is 0.409 e. The topological polar surface area (TPSA) is 29.5 Å². The molecule has 1 aromatic rings. The number of hydrogen-bond acceptors (Lipinski definition) is 2. The van der Waals surface area contributed by atoms with E-state index in [0.29, 0.717) is 38.6 Å². The molecule has 23 heavy (non-hydrogen) atoms. The average molecular weight is 329 g/mol. The van der Waals surface area contributed by atoms with Crippen LogP contribution in [0.5, 0.6) is 0 Å². The Labute approximate surface area is 134 Å². The van der Waals surface area contributed by atoms with Crippen molar-refractivity contribution in [2.45, 2.75) is 38.8 Å². The zero-order valence-electron chi connectivity index (χ0n) is 13.2. The SMILES string of the molecule is CCCCOC(=O)N1CCC(C(F)c2ccc(F)cc2F)CC1. The summed E-state index contributed by atoms with van der Waals surface area (Å²) in [5.41, 5.74) is -0.115. The summed E-state index contributed by atoms with van der Waals surface area (Å²) in [6, 6.07) is 2.91. The second kappa shape index (κ2) is 8.22. The summed E-state index contributed by atoms with van der Waals surface area (Å²) in [7, 11) is 0. The van der Waals surface area contributed by atoms with Crippen LogP contribution >= 0.6 is 0 Å². The molecular weight excluding hydrogens is 307 g/mol.